The molecule has 0 unspecified atom stereocenters. The molecule has 0 saturated carbocycles. The van der Waals surface area contributed by atoms with Gasteiger partial charge in [0.2, 0.25) is 0 Å². The lowest BCUT2D eigenvalue weighted by molar-refractivity contribution is 0.415. The molecule has 0 amide bonds. The van der Waals surface area contributed by atoms with E-state index in [0.717, 1.165) is 12.2 Å². The Morgan fingerprint density at radius 3 is 2.50 bits per heavy atom. The van der Waals surface area contributed by atoms with Gasteiger partial charge in [0.05, 0.1) is 7.11 Å². The van der Waals surface area contributed by atoms with Crippen LogP contribution in [0, 0.1) is 0 Å². The molecule has 18 heavy (non-hydrogen) atoms. The number of allylic oxidation sites excluding steroid dienone is 2. The van der Waals surface area contributed by atoms with Crippen molar-refractivity contribution in [1.29, 1.82) is 0 Å². The second-order valence-corrected chi connectivity index (χ2v) is 4.53. The third-order valence-electron chi connectivity index (χ3n) is 2.99. The van der Waals surface area contributed by atoms with Gasteiger partial charge in [-0.1, -0.05) is 49.6 Å². The number of unbranched alkanes of at least 4 members (excludes halogenated alkanes) is 2. The Balaban J connectivity index is 2.69. The molecule has 0 spiro atoms. The average molecular weight is 244 g/mol. The third kappa shape index (κ3) is 5.22. The van der Waals surface area contributed by atoms with Gasteiger partial charge in [-0.15, -0.1) is 6.58 Å². The van der Waals surface area contributed by atoms with Crippen LogP contribution in [0.15, 0.2) is 42.5 Å². The first-order chi connectivity index (χ1) is 8.80. The zero-order valence-corrected chi connectivity index (χ0v) is 11.6. The molecule has 0 fully saturated rings. The van der Waals surface area contributed by atoms with E-state index in [1.54, 1.807) is 7.11 Å². The van der Waals surface area contributed by atoms with Crippen molar-refractivity contribution in [2.24, 2.45) is 0 Å². The highest BCUT2D eigenvalue weighted by atomic mass is 16.5. The molecular formula is C17H24O. The first kappa shape index (κ1) is 14.6. The summed E-state index contributed by atoms with van der Waals surface area (Å²) >= 11 is 0. The largest absolute Gasteiger partial charge is 0.497 e. The first-order valence-electron chi connectivity index (χ1n) is 6.74. The number of hydrogen-bond acceptors (Lipinski definition) is 1. The van der Waals surface area contributed by atoms with Crippen LogP contribution in [0.25, 0.3) is 6.08 Å². The van der Waals surface area contributed by atoms with Gasteiger partial charge in [-0.2, -0.15) is 0 Å². The van der Waals surface area contributed by atoms with Gasteiger partial charge in [0.1, 0.15) is 5.75 Å². The van der Waals surface area contributed by atoms with Crippen LogP contribution in [0.2, 0.25) is 0 Å². The van der Waals surface area contributed by atoms with Crippen molar-refractivity contribution < 1.29 is 4.74 Å². The van der Waals surface area contributed by atoms with Gasteiger partial charge in [-0.3, -0.25) is 0 Å². The minimum absolute atomic E-state index is 0.906. The SMILES string of the molecule is C=CC/C(=C/c1ccc(OC)cc1)CCCCC. The van der Waals surface area contributed by atoms with E-state index in [4.69, 9.17) is 4.74 Å². The monoisotopic (exact) mass is 244 g/mol. The number of rotatable bonds is 8. The van der Waals surface area contributed by atoms with Crippen LogP contribution in [0.1, 0.15) is 44.6 Å². The lowest BCUT2D eigenvalue weighted by atomic mass is 10.0. The quantitative estimate of drug-likeness (QED) is 0.449. The van der Waals surface area contributed by atoms with Gasteiger partial charge < -0.3 is 4.74 Å². The maximum atomic E-state index is 5.16. The normalized spacial score (nSPS) is 11.3. The molecule has 98 valence electrons. The van der Waals surface area contributed by atoms with Crippen molar-refractivity contribution in [2.75, 3.05) is 7.11 Å². The van der Waals surface area contributed by atoms with E-state index in [-0.39, 0.29) is 0 Å². The van der Waals surface area contributed by atoms with E-state index in [2.05, 4.69) is 31.7 Å². The van der Waals surface area contributed by atoms with Crippen molar-refractivity contribution in [3.05, 3.63) is 48.1 Å². The lowest BCUT2D eigenvalue weighted by Crippen LogP contribution is -1.85. The van der Waals surface area contributed by atoms with Crippen molar-refractivity contribution >= 4 is 6.08 Å². The predicted octanol–water partition coefficient (Wildman–Crippen LogP) is 5.24. The molecule has 0 bridgehead atoms. The molecule has 1 nitrogen and oxygen atoms in total. The fraction of sp³-hybridized carbons (Fsp3) is 0.412. The van der Waals surface area contributed by atoms with Gasteiger partial charge in [0.25, 0.3) is 0 Å². The molecule has 1 aromatic rings. The summed E-state index contributed by atoms with van der Waals surface area (Å²) in [7, 11) is 1.69. The molecule has 0 saturated heterocycles. The molecule has 0 radical (unpaired) electrons. The highest BCUT2D eigenvalue weighted by molar-refractivity contribution is 5.54. The highest BCUT2D eigenvalue weighted by Gasteiger charge is 1.97. The van der Waals surface area contributed by atoms with Crippen molar-refractivity contribution in [1.82, 2.24) is 0 Å². The molecule has 0 atom stereocenters. The van der Waals surface area contributed by atoms with Crippen LogP contribution >= 0.6 is 0 Å². The van der Waals surface area contributed by atoms with E-state index in [1.807, 2.05) is 18.2 Å². The summed E-state index contributed by atoms with van der Waals surface area (Å²) in [5.41, 5.74) is 2.70. The molecule has 0 aliphatic rings. The molecule has 0 aliphatic carbocycles. The first-order valence-corrected chi connectivity index (χ1v) is 6.74. The van der Waals surface area contributed by atoms with Crippen molar-refractivity contribution in [3.8, 4) is 5.75 Å². The zero-order chi connectivity index (χ0) is 13.2. The maximum absolute atomic E-state index is 5.16. The Hall–Kier alpha value is -1.50. The van der Waals surface area contributed by atoms with Crippen LogP contribution in [0.4, 0.5) is 0 Å². The Labute approximate surface area is 111 Å². The van der Waals surface area contributed by atoms with Gasteiger partial charge in [0.15, 0.2) is 0 Å². The summed E-state index contributed by atoms with van der Waals surface area (Å²) in [6, 6.07) is 8.20. The van der Waals surface area contributed by atoms with Crippen LogP contribution in [0.3, 0.4) is 0 Å². The topological polar surface area (TPSA) is 9.23 Å². The van der Waals surface area contributed by atoms with Crippen LogP contribution in [0.5, 0.6) is 5.75 Å². The van der Waals surface area contributed by atoms with E-state index in [9.17, 15) is 0 Å². The number of ether oxygens (including phenoxy) is 1. The van der Waals surface area contributed by atoms with E-state index < -0.39 is 0 Å². The van der Waals surface area contributed by atoms with Crippen LogP contribution in [-0.4, -0.2) is 7.11 Å². The Morgan fingerprint density at radius 1 is 1.22 bits per heavy atom. The average Bonchev–Trinajstić information content (AvgIpc) is 2.40. The molecule has 0 aromatic heterocycles. The van der Waals surface area contributed by atoms with Gasteiger partial charge in [0, 0.05) is 0 Å². The fourth-order valence-corrected chi connectivity index (χ4v) is 1.96. The van der Waals surface area contributed by atoms with Crippen molar-refractivity contribution in [2.45, 2.75) is 39.0 Å². The van der Waals surface area contributed by atoms with E-state index in [1.165, 1.54) is 36.8 Å². The highest BCUT2D eigenvalue weighted by Crippen LogP contribution is 2.19. The van der Waals surface area contributed by atoms with Gasteiger partial charge in [-0.25, -0.2) is 0 Å². The lowest BCUT2D eigenvalue weighted by Gasteiger charge is -2.05. The summed E-state index contributed by atoms with van der Waals surface area (Å²) in [4.78, 5) is 0. The Kier molecular flexibility index (Phi) is 6.93. The molecule has 0 N–H and O–H groups in total. The molecule has 1 rings (SSSR count). The summed E-state index contributed by atoms with van der Waals surface area (Å²) < 4.78 is 5.16. The fourth-order valence-electron chi connectivity index (χ4n) is 1.96. The van der Waals surface area contributed by atoms with Gasteiger partial charge >= 0.3 is 0 Å². The Bertz CT molecular complexity index is 373. The molecule has 0 heterocycles. The van der Waals surface area contributed by atoms with Crippen LogP contribution in [-0.2, 0) is 0 Å². The number of benzene rings is 1. The summed E-state index contributed by atoms with van der Waals surface area (Å²) in [5, 5.41) is 0. The zero-order valence-electron chi connectivity index (χ0n) is 11.6. The molecule has 1 heteroatoms. The molecular weight excluding hydrogens is 220 g/mol. The minimum atomic E-state index is 0.906. The van der Waals surface area contributed by atoms with E-state index in [0.29, 0.717) is 0 Å². The molecule has 1 aromatic carbocycles. The number of methoxy groups -OCH3 is 1. The maximum Gasteiger partial charge on any atom is 0.118 e. The molecule has 0 aliphatic heterocycles. The van der Waals surface area contributed by atoms with Gasteiger partial charge in [-0.05, 0) is 37.0 Å². The minimum Gasteiger partial charge on any atom is -0.497 e. The summed E-state index contributed by atoms with van der Waals surface area (Å²) in [5.74, 6) is 0.906. The van der Waals surface area contributed by atoms with E-state index >= 15 is 0 Å². The second kappa shape index (κ2) is 8.57. The smallest absolute Gasteiger partial charge is 0.118 e. The summed E-state index contributed by atoms with van der Waals surface area (Å²) in [6.07, 6.45) is 10.3. The predicted molar refractivity (Wildman–Crippen MR) is 79.9 cm³/mol. The number of hydrogen-bond donors (Lipinski definition) is 0. The third-order valence-corrected chi connectivity index (χ3v) is 2.99. The summed E-state index contributed by atoms with van der Waals surface area (Å²) in [6.45, 7) is 6.07. The second-order valence-electron chi connectivity index (χ2n) is 4.53. The standard InChI is InChI=1S/C17H24O/c1-4-6-7-9-15(8-5-2)14-16-10-12-17(18-3)13-11-16/h5,10-14H,2,4,6-9H2,1,3H3/b15-14-. The Morgan fingerprint density at radius 2 is 1.94 bits per heavy atom. The van der Waals surface area contributed by atoms with Crippen molar-refractivity contribution in [3.63, 3.8) is 0 Å². The van der Waals surface area contributed by atoms with Crippen LogP contribution < -0.4 is 4.74 Å².